The first-order chi connectivity index (χ1) is 14.6. The van der Waals surface area contributed by atoms with E-state index in [1.54, 1.807) is 39.8 Å². The Morgan fingerprint density at radius 3 is 1.81 bits per heavy atom. The van der Waals surface area contributed by atoms with Gasteiger partial charge in [-0.05, 0) is 45.9 Å². The number of ether oxygens (including phenoxy) is 3. The van der Waals surface area contributed by atoms with Gasteiger partial charge in [0.1, 0.15) is 5.92 Å². The molecule has 2 N–H and O–H groups in total. The largest absolute Gasteiger partial charge is 0.481 e. The zero-order chi connectivity index (χ0) is 22.9. The molecule has 2 bridgehead atoms. The number of nitrogens with one attached hydrogen (secondary N) is 1. The molecule has 3 rings (SSSR count). The van der Waals surface area contributed by atoms with E-state index in [1.165, 1.54) is 18.2 Å². The second kappa shape index (κ2) is 8.89. The van der Waals surface area contributed by atoms with E-state index in [9.17, 15) is 24.3 Å². The van der Waals surface area contributed by atoms with Crippen LogP contribution in [-0.4, -0.2) is 53.3 Å². The summed E-state index contributed by atoms with van der Waals surface area (Å²) in [4.78, 5) is 49.3. The smallest absolute Gasteiger partial charge is 0.338 e. The monoisotopic (exact) mass is 431 g/mol. The van der Waals surface area contributed by atoms with Gasteiger partial charge in [0.15, 0.2) is 0 Å². The Hall–Kier alpha value is -3.20. The maximum absolute atomic E-state index is 12.9. The Morgan fingerprint density at radius 2 is 1.35 bits per heavy atom. The van der Waals surface area contributed by atoms with Gasteiger partial charge in [-0.25, -0.2) is 9.59 Å². The van der Waals surface area contributed by atoms with Crippen LogP contribution in [0.5, 0.6) is 0 Å². The van der Waals surface area contributed by atoms with Gasteiger partial charge in [-0.1, -0.05) is 12.2 Å². The predicted molar refractivity (Wildman–Crippen MR) is 109 cm³/mol. The van der Waals surface area contributed by atoms with Crippen LogP contribution in [0.2, 0.25) is 0 Å². The summed E-state index contributed by atoms with van der Waals surface area (Å²) in [5.74, 6) is -5.01. The van der Waals surface area contributed by atoms with Crippen LogP contribution >= 0.6 is 0 Å². The summed E-state index contributed by atoms with van der Waals surface area (Å²) in [7, 11) is 0. The second-order valence-corrected chi connectivity index (χ2v) is 8.04. The minimum absolute atomic E-state index is 0.0566. The molecule has 9 nitrogen and oxygen atoms in total. The molecular formula is C22H25NO8. The summed E-state index contributed by atoms with van der Waals surface area (Å²) >= 11 is 0. The van der Waals surface area contributed by atoms with Gasteiger partial charge in [0.25, 0.3) is 0 Å². The molecule has 1 aromatic rings. The Labute approximate surface area is 179 Å². The molecule has 9 heteroatoms. The number of hydrogen-bond donors (Lipinski definition) is 2. The number of rotatable bonds is 7. The van der Waals surface area contributed by atoms with E-state index in [2.05, 4.69) is 5.32 Å². The lowest BCUT2D eigenvalue weighted by Gasteiger charge is -2.21. The number of anilines is 1. The Balaban J connectivity index is 1.89. The zero-order valence-corrected chi connectivity index (χ0v) is 17.7. The molecule has 2 aliphatic heterocycles. The highest BCUT2D eigenvalue weighted by Gasteiger charge is 2.53. The average Bonchev–Trinajstić information content (AvgIpc) is 3.28. The maximum Gasteiger partial charge on any atom is 0.338 e. The fourth-order valence-electron chi connectivity index (χ4n) is 3.64. The molecule has 1 amide bonds. The fraction of sp³-hybridized carbons (Fsp3) is 0.455. The molecule has 0 aliphatic carbocycles. The molecule has 2 aliphatic rings. The Morgan fingerprint density at radius 1 is 0.871 bits per heavy atom. The first-order valence-corrected chi connectivity index (χ1v) is 10.0. The van der Waals surface area contributed by atoms with Crippen LogP contribution in [0.3, 0.4) is 0 Å². The number of fused-ring (bicyclic) bond motifs is 2. The SMILES string of the molecule is CC(C)OC(=O)c1cc(NC(=O)[C@H]2[C@H](C(=O)O)[C@H]3C=C[C@H]2O3)cc(C(=O)OC(C)C)c1. The highest BCUT2D eigenvalue weighted by atomic mass is 16.5. The van der Waals surface area contributed by atoms with E-state index in [-0.39, 0.29) is 29.0 Å². The number of carbonyl (C=O) groups is 4. The predicted octanol–water partition coefficient (Wildman–Crippen LogP) is 2.41. The Kier molecular flexibility index (Phi) is 6.45. The van der Waals surface area contributed by atoms with Crippen LogP contribution in [-0.2, 0) is 23.8 Å². The first kappa shape index (κ1) is 22.5. The number of hydrogen-bond acceptors (Lipinski definition) is 7. The third-order valence-electron chi connectivity index (χ3n) is 4.84. The first-order valence-electron chi connectivity index (χ1n) is 10.0. The standard InChI is InChI=1S/C22H25NO8/c1-10(2)29-21(27)12-7-13(22(28)30-11(3)4)9-14(8-12)23-19(24)17-15-5-6-16(31-15)18(17)20(25)26/h5-11,15-18H,1-4H3,(H,23,24)(H,25,26)/t15-,16-,17-,18-/m1/s1. The molecule has 31 heavy (non-hydrogen) atoms. The van der Waals surface area contributed by atoms with Crippen molar-refractivity contribution in [2.24, 2.45) is 11.8 Å². The van der Waals surface area contributed by atoms with Crippen molar-refractivity contribution in [2.45, 2.75) is 52.1 Å². The number of amides is 1. The number of carboxylic acid groups (broad SMARTS) is 1. The number of carboxylic acids is 1. The van der Waals surface area contributed by atoms with Crippen LogP contribution < -0.4 is 5.32 Å². The summed E-state index contributed by atoms with van der Waals surface area (Å²) in [6.45, 7) is 6.75. The van der Waals surface area contributed by atoms with E-state index in [0.29, 0.717) is 0 Å². The molecule has 0 radical (unpaired) electrons. The van der Waals surface area contributed by atoms with Crippen molar-refractivity contribution >= 4 is 29.5 Å². The quantitative estimate of drug-likeness (QED) is 0.498. The van der Waals surface area contributed by atoms with Gasteiger partial charge in [-0.15, -0.1) is 0 Å². The van der Waals surface area contributed by atoms with E-state index < -0.39 is 47.9 Å². The maximum atomic E-state index is 12.9. The highest BCUT2D eigenvalue weighted by Crippen LogP contribution is 2.40. The van der Waals surface area contributed by atoms with E-state index in [0.717, 1.165) is 0 Å². The third kappa shape index (κ3) is 4.93. The molecule has 166 valence electrons. The van der Waals surface area contributed by atoms with E-state index >= 15 is 0 Å². The fourth-order valence-corrected chi connectivity index (χ4v) is 3.64. The van der Waals surface area contributed by atoms with Gasteiger partial charge in [0.2, 0.25) is 5.91 Å². The van der Waals surface area contributed by atoms with Crippen molar-refractivity contribution < 1.29 is 38.5 Å². The molecule has 4 atom stereocenters. The molecular weight excluding hydrogens is 406 g/mol. The van der Waals surface area contributed by atoms with Gasteiger partial charge in [-0.2, -0.15) is 0 Å². The lowest BCUT2D eigenvalue weighted by molar-refractivity contribution is -0.145. The number of esters is 2. The summed E-state index contributed by atoms with van der Waals surface area (Å²) < 4.78 is 15.9. The van der Waals surface area contributed by atoms with Crippen LogP contribution in [0.15, 0.2) is 30.4 Å². The molecule has 0 spiro atoms. The lowest BCUT2D eigenvalue weighted by atomic mass is 9.82. The van der Waals surface area contributed by atoms with Crippen molar-refractivity contribution in [3.05, 3.63) is 41.5 Å². The lowest BCUT2D eigenvalue weighted by Crippen LogP contribution is -2.39. The summed E-state index contributed by atoms with van der Waals surface area (Å²) in [5, 5.41) is 12.1. The summed E-state index contributed by atoms with van der Waals surface area (Å²) in [6.07, 6.45) is 1.22. The summed E-state index contributed by atoms with van der Waals surface area (Å²) in [5.41, 5.74) is 0.261. The molecule has 2 heterocycles. The summed E-state index contributed by atoms with van der Waals surface area (Å²) in [6, 6.07) is 4.07. The van der Waals surface area contributed by atoms with Gasteiger partial charge in [-0.3, -0.25) is 9.59 Å². The third-order valence-corrected chi connectivity index (χ3v) is 4.84. The number of carbonyl (C=O) groups excluding carboxylic acids is 3. The average molecular weight is 431 g/mol. The molecule has 0 aromatic heterocycles. The number of benzene rings is 1. The molecule has 1 fully saturated rings. The minimum atomic E-state index is -1.13. The number of aliphatic carboxylic acids is 1. The normalized spacial score (nSPS) is 23.8. The molecule has 1 saturated heterocycles. The van der Waals surface area contributed by atoms with Gasteiger partial charge in [0.05, 0.1) is 41.5 Å². The van der Waals surface area contributed by atoms with Crippen molar-refractivity contribution in [3.8, 4) is 0 Å². The van der Waals surface area contributed by atoms with Crippen LogP contribution in [0.1, 0.15) is 48.4 Å². The van der Waals surface area contributed by atoms with Crippen LogP contribution in [0.25, 0.3) is 0 Å². The second-order valence-electron chi connectivity index (χ2n) is 8.04. The van der Waals surface area contributed by atoms with Crippen molar-refractivity contribution in [1.82, 2.24) is 0 Å². The van der Waals surface area contributed by atoms with Gasteiger partial charge < -0.3 is 24.6 Å². The van der Waals surface area contributed by atoms with E-state index in [4.69, 9.17) is 14.2 Å². The topological polar surface area (TPSA) is 128 Å². The van der Waals surface area contributed by atoms with E-state index in [1.807, 2.05) is 0 Å². The zero-order valence-electron chi connectivity index (χ0n) is 17.7. The molecule has 0 unspecified atom stereocenters. The van der Waals surface area contributed by atoms with Crippen molar-refractivity contribution in [2.75, 3.05) is 5.32 Å². The van der Waals surface area contributed by atoms with Crippen LogP contribution in [0.4, 0.5) is 5.69 Å². The van der Waals surface area contributed by atoms with Crippen molar-refractivity contribution in [1.29, 1.82) is 0 Å². The molecule has 1 aromatic carbocycles. The van der Waals surface area contributed by atoms with Gasteiger partial charge in [0, 0.05) is 5.69 Å². The van der Waals surface area contributed by atoms with Crippen LogP contribution in [0, 0.1) is 11.8 Å². The Bertz CT molecular complexity index is 895. The highest BCUT2D eigenvalue weighted by molar-refractivity contribution is 6.01. The molecule has 0 saturated carbocycles. The van der Waals surface area contributed by atoms with Crippen molar-refractivity contribution in [3.63, 3.8) is 0 Å². The minimum Gasteiger partial charge on any atom is -0.481 e. The van der Waals surface area contributed by atoms with Gasteiger partial charge >= 0.3 is 17.9 Å².